The van der Waals surface area contributed by atoms with Gasteiger partial charge in [0.15, 0.2) is 16.3 Å². The summed E-state index contributed by atoms with van der Waals surface area (Å²) in [6.07, 6.45) is 1.86. The highest BCUT2D eigenvalue weighted by Crippen LogP contribution is 2.12. The summed E-state index contributed by atoms with van der Waals surface area (Å²) in [7, 11) is 0. The number of H-pyrrole nitrogens is 2. The molecule has 0 aliphatic carbocycles. The molecule has 2 rings (SSSR count). The lowest BCUT2D eigenvalue weighted by Crippen LogP contribution is -2.10. The predicted molar refractivity (Wildman–Crippen MR) is 50.7 cm³/mol. The summed E-state index contributed by atoms with van der Waals surface area (Å²) in [6.45, 7) is 0. The van der Waals surface area contributed by atoms with E-state index in [1.807, 2.05) is 6.26 Å². The first-order chi connectivity index (χ1) is 6.20. The van der Waals surface area contributed by atoms with E-state index in [-0.39, 0.29) is 11.5 Å². The molecule has 0 amide bonds. The number of nitrogens with two attached hydrogens (primary N) is 1. The minimum absolute atomic E-state index is 0.0802. The van der Waals surface area contributed by atoms with Gasteiger partial charge >= 0.3 is 0 Å². The average Bonchev–Trinajstić information content (AvgIpc) is 2.47. The van der Waals surface area contributed by atoms with E-state index in [1.54, 1.807) is 0 Å². The summed E-state index contributed by atoms with van der Waals surface area (Å²) in [6, 6.07) is 0. The molecule has 0 bridgehead atoms. The van der Waals surface area contributed by atoms with Gasteiger partial charge in [-0.2, -0.15) is 4.98 Å². The van der Waals surface area contributed by atoms with Crippen LogP contribution in [-0.2, 0) is 0 Å². The molecule has 2 aromatic rings. The summed E-state index contributed by atoms with van der Waals surface area (Å²) in [5.74, 6) is 0.0802. The van der Waals surface area contributed by atoms with E-state index in [0.717, 1.165) is 0 Å². The molecule has 7 heteroatoms. The average molecular weight is 197 g/mol. The SMILES string of the molecule is CSc1nc2nc(N)[nH]c(=O)c2[nH]1. The van der Waals surface area contributed by atoms with E-state index < -0.39 is 0 Å². The molecule has 0 unspecified atom stereocenters. The molecule has 0 fully saturated rings. The zero-order chi connectivity index (χ0) is 9.42. The molecule has 0 atom stereocenters. The molecule has 0 saturated carbocycles. The monoisotopic (exact) mass is 197 g/mol. The summed E-state index contributed by atoms with van der Waals surface area (Å²) in [5, 5.41) is 0.651. The number of hydrogen-bond acceptors (Lipinski definition) is 5. The second kappa shape index (κ2) is 2.77. The first-order valence-corrected chi connectivity index (χ1v) is 4.72. The fourth-order valence-corrected chi connectivity index (χ4v) is 1.38. The maximum atomic E-state index is 11.3. The van der Waals surface area contributed by atoms with Crippen LogP contribution in [0.2, 0.25) is 0 Å². The minimum atomic E-state index is -0.296. The Morgan fingerprint density at radius 2 is 2.15 bits per heavy atom. The van der Waals surface area contributed by atoms with Crippen molar-refractivity contribution < 1.29 is 0 Å². The Balaban J connectivity index is 2.83. The molecule has 0 spiro atoms. The van der Waals surface area contributed by atoms with E-state index in [2.05, 4.69) is 19.9 Å². The molecule has 0 aromatic carbocycles. The van der Waals surface area contributed by atoms with E-state index in [9.17, 15) is 4.79 Å². The van der Waals surface area contributed by atoms with Gasteiger partial charge in [0.1, 0.15) is 0 Å². The Morgan fingerprint density at radius 3 is 2.85 bits per heavy atom. The molecule has 0 radical (unpaired) electrons. The second-order valence-corrected chi connectivity index (χ2v) is 3.19. The number of thioether (sulfide) groups is 1. The van der Waals surface area contributed by atoms with Crippen molar-refractivity contribution in [2.45, 2.75) is 5.16 Å². The van der Waals surface area contributed by atoms with Gasteiger partial charge in [-0.25, -0.2) is 4.98 Å². The third kappa shape index (κ3) is 1.26. The first-order valence-electron chi connectivity index (χ1n) is 3.50. The molecule has 0 aliphatic rings. The Kier molecular flexibility index (Phi) is 1.73. The van der Waals surface area contributed by atoms with Gasteiger partial charge < -0.3 is 10.7 Å². The van der Waals surface area contributed by atoms with Crippen LogP contribution in [0.1, 0.15) is 0 Å². The van der Waals surface area contributed by atoms with Crippen molar-refractivity contribution >= 4 is 28.9 Å². The van der Waals surface area contributed by atoms with Crippen molar-refractivity contribution in [2.75, 3.05) is 12.0 Å². The van der Waals surface area contributed by atoms with Gasteiger partial charge in [-0.05, 0) is 6.26 Å². The third-order valence-corrected chi connectivity index (χ3v) is 2.13. The summed E-state index contributed by atoms with van der Waals surface area (Å²) >= 11 is 1.41. The van der Waals surface area contributed by atoms with Gasteiger partial charge in [-0.15, -0.1) is 0 Å². The number of aromatic amines is 2. The summed E-state index contributed by atoms with van der Waals surface area (Å²) in [4.78, 5) is 24.4. The number of anilines is 1. The van der Waals surface area contributed by atoms with Gasteiger partial charge in [0, 0.05) is 0 Å². The molecular formula is C6H7N5OS. The lowest BCUT2D eigenvalue weighted by atomic mass is 10.5. The summed E-state index contributed by atoms with van der Waals surface area (Å²) in [5.41, 5.74) is 5.76. The Bertz CT molecular complexity index is 501. The zero-order valence-corrected chi connectivity index (χ0v) is 7.60. The highest BCUT2D eigenvalue weighted by molar-refractivity contribution is 7.98. The summed E-state index contributed by atoms with van der Waals surface area (Å²) < 4.78 is 0. The van der Waals surface area contributed by atoms with E-state index in [1.165, 1.54) is 11.8 Å². The van der Waals surface area contributed by atoms with Crippen molar-refractivity contribution in [1.29, 1.82) is 0 Å². The topological polar surface area (TPSA) is 100 Å². The lowest BCUT2D eigenvalue weighted by molar-refractivity contribution is 1.08. The second-order valence-electron chi connectivity index (χ2n) is 2.40. The lowest BCUT2D eigenvalue weighted by Gasteiger charge is -1.89. The number of nitrogen functional groups attached to an aromatic ring is 1. The Labute approximate surface area is 77.0 Å². The number of nitrogens with one attached hydrogen (secondary N) is 2. The fraction of sp³-hybridized carbons (Fsp3) is 0.167. The van der Waals surface area contributed by atoms with E-state index in [4.69, 9.17) is 5.73 Å². The van der Waals surface area contributed by atoms with Crippen molar-refractivity contribution in [3.8, 4) is 0 Å². The molecule has 6 nitrogen and oxygen atoms in total. The third-order valence-electron chi connectivity index (χ3n) is 1.55. The van der Waals surface area contributed by atoms with Crippen LogP contribution in [0.15, 0.2) is 9.95 Å². The van der Waals surface area contributed by atoms with Gasteiger partial charge in [-0.3, -0.25) is 9.78 Å². The number of rotatable bonds is 1. The van der Waals surface area contributed by atoms with Crippen LogP contribution in [0.5, 0.6) is 0 Å². The van der Waals surface area contributed by atoms with Crippen LogP contribution in [-0.4, -0.2) is 26.2 Å². The molecular weight excluding hydrogens is 190 g/mol. The highest BCUT2D eigenvalue weighted by Gasteiger charge is 2.06. The fourth-order valence-electron chi connectivity index (χ4n) is 1.000. The molecule has 2 heterocycles. The smallest absolute Gasteiger partial charge is 0.278 e. The number of fused-ring (bicyclic) bond motifs is 1. The molecule has 2 aromatic heterocycles. The molecule has 0 aliphatic heterocycles. The van der Waals surface area contributed by atoms with Crippen molar-refractivity contribution in [3.63, 3.8) is 0 Å². The van der Waals surface area contributed by atoms with Crippen LogP contribution < -0.4 is 11.3 Å². The molecule has 4 N–H and O–H groups in total. The Morgan fingerprint density at radius 1 is 1.38 bits per heavy atom. The maximum Gasteiger partial charge on any atom is 0.278 e. The van der Waals surface area contributed by atoms with Crippen molar-refractivity contribution in [3.05, 3.63) is 10.4 Å². The van der Waals surface area contributed by atoms with Crippen LogP contribution >= 0.6 is 11.8 Å². The Hall–Kier alpha value is -1.50. The van der Waals surface area contributed by atoms with Gasteiger partial charge in [0.25, 0.3) is 5.56 Å². The van der Waals surface area contributed by atoms with E-state index in [0.29, 0.717) is 16.3 Å². The first kappa shape index (κ1) is 8.11. The van der Waals surface area contributed by atoms with Gasteiger partial charge in [0.05, 0.1) is 0 Å². The minimum Gasteiger partial charge on any atom is -0.369 e. The van der Waals surface area contributed by atoms with Crippen molar-refractivity contribution in [2.24, 2.45) is 0 Å². The van der Waals surface area contributed by atoms with E-state index >= 15 is 0 Å². The number of aromatic nitrogens is 4. The quantitative estimate of drug-likeness (QED) is 0.556. The number of imidazole rings is 1. The van der Waals surface area contributed by atoms with Gasteiger partial charge in [0.2, 0.25) is 5.95 Å². The van der Waals surface area contributed by atoms with Crippen LogP contribution in [0.25, 0.3) is 11.2 Å². The number of hydrogen-bond donors (Lipinski definition) is 3. The van der Waals surface area contributed by atoms with Crippen molar-refractivity contribution in [1.82, 2.24) is 19.9 Å². The molecule has 0 saturated heterocycles. The standard InChI is InChI=1S/C6H7N5OS/c1-13-6-8-2-3(10-6)9-5(7)11-4(2)12/h1H3,(H4,7,8,9,10,11,12). The molecule has 68 valence electrons. The van der Waals surface area contributed by atoms with Crippen LogP contribution in [0.4, 0.5) is 5.95 Å². The van der Waals surface area contributed by atoms with Gasteiger partial charge in [-0.1, -0.05) is 11.8 Å². The number of nitrogens with zero attached hydrogens (tertiary/aromatic N) is 2. The van der Waals surface area contributed by atoms with Crippen LogP contribution in [0, 0.1) is 0 Å². The normalized spacial score (nSPS) is 10.8. The zero-order valence-electron chi connectivity index (χ0n) is 6.79. The largest absolute Gasteiger partial charge is 0.369 e. The van der Waals surface area contributed by atoms with Crippen LogP contribution in [0.3, 0.4) is 0 Å². The highest BCUT2D eigenvalue weighted by atomic mass is 32.2. The molecule has 13 heavy (non-hydrogen) atoms. The predicted octanol–water partition coefficient (Wildman–Crippen LogP) is -0.0497. The maximum absolute atomic E-state index is 11.3.